The molecule has 0 spiro atoms. The van der Waals surface area contributed by atoms with Gasteiger partial charge in [-0.1, -0.05) is 34.8 Å². The first kappa shape index (κ1) is 14.3. The van der Waals surface area contributed by atoms with Crippen LogP contribution in [0.1, 0.15) is 11.4 Å². The van der Waals surface area contributed by atoms with Gasteiger partial charge in [0, 0.05) is 0 Å². The molecule has 1 N–H and O–H groups in total. The highest BCUT2D eigenvalue weighted by atomic mass is 35.5. The summed E-state index contributed by atoms with van der Waals surface area (Å²) in [5.74, 6) is -0.196. The predicted octanol–water partition coefficient (Wildman–Crippen LogP) is 4.94. The number of halogens is 4. The number of nitrogens with zero attached hydrogens (tertiary/aromatic N) is 2. The van der Waals surface area contributed by atoms with Gasteiger partial charge in [-0.15, -0.1) is 0 Å². The van der Waals surface area contributed by atoms with Gasteiger partial charge in [0.05, 0.1) is 27.1 Å². The van der Waals surface area contributed by atoms with Gasteiger partial charge >= 0.3 is 0 Å². The molecule has 2 rings (SSSR count). The molecule has 1 aromatic carbocycles. The molecule has 0 unspecified atom stereocenters. The molecule has 0 aliphatic rings. The highest BCUT2D eigenvalue weighted by Gasteiger charge is 2.13. The topological polar surface area (TPSA) is 37.8 Å². The van der Waals surface area contributed by atoms with Crippen LogP contribution in [0, 0.1) is 19.7 Å². The standard InChI is InChI=1S/C12H9Cl3FN3/c1-5-6(2)18-12(11(15)17-5)19-10-8(13)3-7(16)4-9(10)14/h3-4H,1-2H3,(H,18,19). The Morgan fingerprint density at radius 3 is 2.11 bits per heavy atom. The van der Waals surface area contributed by atoms with E-state index in [0.29, 0.717) is 11.5 Å². The minimum atomic E-state index is -0.516. The van der Waals surface area contributed by atoms with Crippen LogP contribution in [0.4, 0.5) is 15.9 Å². The Kier molecular flexibility index (Phi) is 4.13. The zero-order valence-electron chi connectivity index (χ0n) is 10.1. The third-order valence-corrected chi connectivity index (χ3v) is 3.37. The van der Waals surface area contributed by atoms with Gasteiger partial charge < -0.3 is 5.32 Å². The molecular weight excluding hydrogens is 312 g/mol. The molecule has 0 amide bonds. The first-order valence-electron chi connectivity index (χ1n) is 5.31. The molecule has 7 heteroatoms. The van der Waals surface area contributed by atoms with E-state index in [1.54, 1.807) is 13.8 Å². The molecule has 1 aromatic heterocycles. The number of hydrogen-bond acceptors (Lipinski definition) is 3. The summed E-state index contributed by atoms with van der Waals surface area (Å²) < 4.78 is 13.1. The molecule has 3 nitrogen and oxygen atoms in total. The van der Waals surface area contributed by atoms with Gasteiger partial charge in [0.2, 0.25) is 0 Å². The first-order chi connectivity index (χ1) is 8.88. The smallest absolute Gasteiger partial charge is 0.172 e. The second-order valence-corrected chi connectivity index (χ2v) is 5.08. The summed E-state index contributed by atoms with van der Waals surface area (Å²) in [5, 5.41) is 3.34. The summed E-state index contributed by atoms with van der Waals surface area (Å²) in [7, 11) is 0. The SMILES string of the molecule is Cc1nc(Cl)c(Nc2c(Cl)cc(F)cc2Cl)nc1C. The van der Waals surface area contributed by atoms with Crippen molar-refractivity contribution in [1.82, 2.24) is 9.97 Å². The van der Waals surface area contributed by atoms with E-state index in [9.17, 15) is 4.39 Å². The van der Waals surface area contributed by atoms with Crippen LogP contribution in [0.5, 0.6) is 0 Å². The van der Waals surface area contributed by atoms with Gasteiger partial charge in [-0.3, -0.25) is 0 Å². The predicted molar refractivity (Wildman–Crippen MR) is 76.2 cm³/mol. The third kappa shape index (κ3) is 3.08. The lowest BCUT2D eigenvalue weighted by atomic mass is 10.3. The zero-order chi connectivity index (χ0) is 14.2. The van der Waals surface area contributed by atoms with Crippen molar-refractivity contribution in [3.8, 4) is 0 Å². The maximum absolute atomic E-state index is 13.1. The lowest BCUT2D eigenvalue weighted by molar-refractivity contribution is 0.628. The molecule has 0 aliphatic carbocycles. The van der Waals surface area contributed by atoms with Crippen molar-refractivity contribution in [1.29, 1.82) is 0 Å². The van der Waals surface area contributed by atoms with Crippen LogP contribution in [0.3, 0.4) is 0 Å². The van der Waals surface area contributed by atoms with E-state index in [2.05, 4.69) is 15.3 Å². The Balaban J connectivity index is 2.45. The normalized spacial score (nSPS) is 10.6. The van der Waals surface area contributed by atoms with Gasteiger partial charge in [0.15, 0.2) is 11.0 Å². The van der Waals surface area contributed by atoms with E-state index >= 15 is 0 Å². The number of aromatic nitrogens is 2. The monoisotopic (exact) mass is 319 g/mol. The van der Waals surface area contributed by atoms with E-state index in [0.717, 1.165) is 23.5 Å². The van der Waals surface area contributed by atoms with Gasteiger partial charge in [0.25, 0.3) is 0 Å². The number of rotatable bonds is 2. The number of anilines is 2. The molecule has 0 saturated heterocycles. The van der Waals surface area contributed by atoms with Crippen LogP contribution >= 0.6 is 34.8 Å². The third-order valence-electron chi connectivity index (χ3n) is 2.51. The van der Waals surface area contributed by atoms with E-state index < -0.39 is 5.82 Å². The fraction of sp³-hybridized carbons (Fsp3) is 0.167. The van der Waals surface area contributed by atoms with Crippen molar-refractivity contribution >= 4 is 46.3 Å². The zero-order valence-corrected chi connectivity index (χ0v) is 12.3. The molecule has 0 bridgehead atoms. The van der Waals surface area contributed by atoms with Crippen molar-refractivity contribution < 1.29 is 4.39 Å². The largest absolute Gasteiger partial charge is 0.335 e. The Bertz CT molecular complexity index is 623. The maximum Gasteiger partial charge on any atom is 0.172 e. The van der Waals surface area contributed by atoms with Crippen molar-refractivity contribution in [3.63, 3.8) is 0 Å². The molecular formula is C12H9Cl3FN3. The minimum absolute atomic E-state index is 0.140. The van der Waals surface area contributed by atoms with Crippen molar-refractivity contribution in [3.05, 3.63) is 44.5 Å². The number of nitrogens with one attached hydrogen (secondary N) is 1. The van der Waals surface area contributed by atoms with Gasteiger partial charge in [0.1, 0.15) is 5.82 Å². The molecule has 1 heterocycles. The first-order valence-corrected chi connectivity index (χ1v) is 6.44. The second-order valence-electron chi connectivity index (χ2n) is 3.90. The van der Waals surface area contributed by atoms with E-state index in [-0.39, 0.29) is 15.2 Å². The van der Waals surface area contributed by atoms with Crippen LogP contribution in [-0.2, 0) is 0 Å². The van der Waals surface area contributed by atoms with Gasteiger partial charge in [-0.2, -0.15) is 0 Å². The van der Waals surface area contributed by atoms with Crippen LogP contribution in [0.25, 0.3) is 0 Å². The highest BCUT2D eigenvalue weighted by molar-refractivity contribution is 6.39. The summed E-state index contributed by atoms with van der Waals surface area (Å²) >= 11 is 17.9. The Labute approximate surface area is 124 Å². The average Bonchev–Trinajstić information content (AvgIpc) is 2.29. The van der Waals surface area contributed by atoms with E-state index in [1.807, 2.05) is 0 Å². The number of hydrogen-bond donors (Lipinski definition) is 1. The van der Waals surface area contributed by atoms with Crippen LogP contribution in [-0.4, -0.2) is 9.97 Å². The molecule has 0 radical (unpaired) electrons. The summed E-state index contributed by atoms with van der Waals surface area (Å²) in [5.41, 5.74) is 1.79. The van der Waals surface area contributed by atoms with E-state index in [1.165, 1.54) is 0 Å². The quantitative estimate of drug-likeness (QED) is 0.852. The summed E-state index contributed by atoms with van der Waals surface area (Å²) in [6.45, 7) is 3.60. The Morgan fingerprint density at radius 2 is 1.53 bits per heavy atom. The molecule has 0 aliphatic heterocycles. The van der Waals surface area contributed by atoms with Crippen molar-refractivity contribution in [2.75, 3.05) is 5.32 Å². The second kappa shape index (κ2) is 5.49. The summed E-state index contributed by atoms with van der Waals surface area (Å²) in [6.07, 6.45) is 0. The minimum Gasteiger partial charge on any atom is -0.335 e. The molecule has 0 atom stereocenters. The van der Waals surface area contributed by atoms with Crippen molar-refractivity contribution in [2.45, 2.75) is 13.8 Å². The van der Waals surface area contributed by atoms with E-state index in [4.69, 9.17) is 34.8 Å². The molecule has 19 heavy (non-hydrogen) atoms. The molecule has 0 saturated carbocycles. The van der Waals surface area contributed by atoms with Crippen LogP contribution in [0.15, 0.2) is 12.1 Å². The highest BCUT2D eigenvalue weighted by Crippen LogP contribution is 2.34. The number of benzene rings is 1. The summed E-state index contributed by atoms with van der Waals surface area (Å²) in [6, 6.07) is 2.30. The molecule has 2 aromatic rings. The molecule has 100 valence electrons. The average molecular weight is 321 g/mol. The van der Waals surface area contributed by atoms with Crippen LogP contribution < -0.4 is 5.32 Å². The lowest BCUT2D eigenvalue weighted by Gasteiger charge is -2.12. The van der Waals surface area contributed by atoms with Gasteiger partial charge in [-0.25, -0.2) is 14.4 Å². The fourth-order valence-corrected chi connectivity index (χ4v) is 2.21. The number of aryl methyl sites for hydroxylation is 2. The Hall–Kier alpha value is -1.10. The fourth-order valence-electron chi connectivity index (χ4n) is 1.44. The van der Waals surface area contributed by atoms with Gasteiger partial charge in [-0.05, 0) is 26.0 Å². The van der Waals surface area contributed by atoms with Crippen LogP contribution in [0.2, 0.25) is 15.2 Å². The van der Waals surface area contributed by atoms with Crippen molar-refractivity contribution in [2.24, 2.45) is 0 Å². The lowest BCUT2D eigenvalue weighted by Crippen LogP contribution is -2.01. The molecule has 0 fully saturated rings. The Morgan fingerprint density at radius 1 is 1.00 bits per heavy atom. The summed E-state index contributed by atoms with van der Waals surface area (Å²) in [4.78, 5) is 8.38. The maximum atomic E-state index is 13.1.